The molecule has 1 aromatic carbocycles. The van der Waals surface area contributed by atoms with Gasteiger partial charge in [-0.2, -0.15) is 0 Å². The van der Waals surface area contributed by atoms with Crippen LogP contribution in [0.2, 0.25) is 0 Å². The summed E-state index contributed by atoms with van der Waals surface area (Å²) in [5.41, 5.74) is 0.916. The molecule has 7 nitrogen and oxygen atoms in total. The first kappa shape index (κ1) is 20.9. The van der Waals surface area contributed by atoms with Crippen LogP contribution < -0.4 is 21.3 Å². The SMILES string of the molecule is COc1ccccc1CCn1c(=O)n(C2CCCNC2=O)c(=O)c2c(C)c(Br)sc21. The zero-order valence-corrected chi connectivity index (χ0v) is 19.1. The molecule has 30 heavy (non-hydrogen) atoms. The predicted molar refractivity (Wildman–Crippen MR) is 121 cm³/mol. The molecule has 1 unspecified atom stereocenters. The third-order valence-corrected chi connectivity index (χ3v) is 7.73. The highest BCUT2D eigenvalue weighted by Crippen LogP contribution is 2.33. The number of fused-ring (bicyclic) bond motifs is 1. The summed E-state index contributed by atoms with van der Waals surface area (Å²) in [6, 6.07) is 6.89. The second-order valence-corrected chi connectivity index (χ2v) is 9.62. The van der Waals surface area contributed by atoms with Gasteiger partial charge in [-0.1, -0.05) is 18.2 Å². The van der Waals surface area contributed by atoms with E-state index in [4.69, 9.17) is 4.74 Å². The van der Waals surface area contributed by atoms with E-state index in [-0.39, 0.29) is 5.91 Å². The minimum Gasteiger partial charge on any atom is -0.496 e. The zero-order chi connectivity index (χ0) is 21.4. The molecule has 158 valence electrons. The minimum absolute atomic E-state index is 0.275. The molecule has 1 aliphatic rings. The molecule has 0 saturated carbocycles. The van der Waals surface area contributed by atoms with Crippen molar-refractivity contribution in [1.82, 2.24) is 14.5 Å². The van der Waals surface area contributed by atoms with Crippen molar-refractivity contribution >= 4 is 43.4 Å². The molecule has 1 aliphatic heterocycles. The molecule has 2 aromatic heterocycles. The fourth-order valence-corrected chi connectivity index (χ4v) is 5.66. The lowest BCUT2D eigenvalue weighted by atomic mass is 10.1. The van der Waals surface area contributed by atoms with Gasteiger partial charge in [0.2, 0.25) is 5.91 Å². The van der Waals surface area contributed by atoms with Gasteiger partial charge in [0.05, 0.1) is 16.3 Å². The molecule has 0 bridgehead atoms. The van der Waals surface area contributed by atoms with Gasteiger partial charge in [-0.3, -0.25) is 14.2 Å². The summed E-state index contributed by atoms with van der Waals surface area (Å²) < 4.78 is 9.00. The van der Waals surface area contributed by atoms with Crippen molar-refractivity contribution in [1.29, 1.82) is 0 Å². The van der Waals surface area contributed by atoms with Gasteiger partial charge in [0.1, 0.15) is 16.6 Å². The number of nitrogens with one attached hydrogen (secondary N) is 1. The molecule has 4 rings (SSSR count). The van der Waals surface area contributed by atoms with E-state index >= 15 is 0 Å². The van der Waals surface area contributed by atoms with Crippen LogP contribution >= 0.6 is 27.3 Å². The minimum atomic E-state index is -0.779. The number of carbonyl (C=O) groups excluding carboxylic acids is 1. The number of hydrogen-bond donors (Lipinski definition) is 1. The molecule has 0 radical (unpaired) electrons. The van der Waals surface area contributed by atoms with E-state index in [0.717, 1.165) is 31.7 Å². The molecular weight excluding hydrogens is 470 g/mol. The maximum absolute atomic E-state index is 13.5. The monoisotopic (exact) mass is 491 g/mol. The van der Waals surface area contributed by atoms with Crippen LogP contribution in [0, 0.1) is 6.92 Å². The summed E-state index contributed by atoms with van der Waals surface area (Å²) in [4.78, 5) is 39.8. The molecule has 1 fully saturated rings. The van der Waals surface area contributed by atoms with Gasteiger partial charge in [-0.25, -0.2) is 9.36 Å². The number of thiophene rings is 1. The Morgan fingerprint density at radius 2 is 2.03 bits per heavy atom. The Bertz CT molecular complexity index is 1240. The predicted octanol–water partition coefficient (Wildman–Crippen LogP) is 3.00. The van der Waals surface area contributed by atoms with Crippen molar-refractivity contribution in [3.8, 4) is 5.75 Å². The van der Waals surface area contributed by atoms with Gasteiger partial charge in [0, 0.05) is 13.1 Å². The number of para-hydroxylation sites is 1. The highest BCUT2D eigenvalue weighted by molar-refractivity contribution is 9.11. The number of amides is 1. The average Bonchev–Trinajstić information content (AvgIpc) is 3.04. The molecule has 1 N–H and O–H groups in total. The maximum Gasteiger partial charge on any atom is 0.332 e. The number of ether oxygens (including phenoxy) is 1. The van der Waals surface area contributed by atoms with Gasteiger partial charge < -0.3 is 10.1 Å². The van der Waals surface area contributed by atoms with Crippen LogP contribution in [0.25, 0.3) is 10.2 Å². The Labute approximate surface area is 185 Å². The standard InChI is InChI=1S/C21H22BrN3O4S/c1-12-16-19(27)25(14-7-5-10-23-18(14)26)21(28)24(20(16)30-17(12)22)11-9-13-6-3-4-8-15(13)29-2/h3-4,6,8,14H,5,7,9-11H2,1-2H3,(H,23,26). The Balaban J connectivity index is 1.88. The first-order chi connectivity index (χ1) is 14.4. The van der Waals surface area contributed by atoms with E-state index in [1.165, 1.54) is 11.3 Å². The number of aromatic nitrogens is 2. The molecular formula is C21H22BrN3O4S. The normalized spacial score (nSPS) is 16.6. The fourth-order valence-electron chi connectivity index (χ4n) is 3.95. The number of aryl methyl sites for hydroxylation is 3. The van der Waals surface area contributed by atoms with Crippen molar-refractivity contribution in [2.75, 3.05) is 13.7 Å². The molecule has 3 heterocycles. The molecule has 1 amide bonds. The summed E-state index contributed by atoms with van der Waals surface area (Å²) in [6.07, 6.45) is 1.76. The largest absolute Gasteiger partial charge is 0.496 e. The molecule has 1 atom stereocenters. The van der Waals surface area contributed by atoms with E-state index in [1.807, 2.05) is 31.2 Å². The smallest absolute Gasteiger partial charge is 0.332 e. The number of nitrogens with zero attached hydrogens (tertiary/aromatic N) is 2. The lowest BCUT2D eigenvalue weighted by Gasteiger charge is -2.24. The Hall–Kier alpha value is -2.39. The van der Waals surface area contributed by atoms with E-state index in [0.29, 0.717) is 36.1 Å². The van der Waals surface area contributed by atoms with Crippen LogP contribution in [-0.2, 0) is 17.8 Å². The fraction of sp³-hybridized carbons (Fsp3) is 0.381. The number of rotatable bonds is 5. The third kappa shape index (κ3) is 3.50. The summed E-state index contributed by atoms with van der Waals surface area (Å²) >= 11 is 4.88. The summed E-state index contributed by atoms with van der Waals surface area (Å²) in [5.74, 6) is 0.480. The zero-order valence-electron chi connectivity index (χ0n) is 16.7. The molecule has 0 aliphatic carbocycles. The molecule has 0 spiro atoms. The van der Waals surface area contributed by atoms with Crippen LogP contribution in [0.3, 0.4) is 0 Å². The lowest BCUT2D eigenvalue weighted by molar-refractivity contribution is -0.126. The number of halogens is 1. The Morgan fingerprint density at radius 1 is 1.27 bits per heavy atom. The Kier molecular flexibility index (Phi) is 5.84. The van der Waals surface area contributed by atoms with E-state index in [2.05, 4.69) is 21.2 Å². The van der Waals surface area contributed by atoms with Crippen LogP contribution in [0.4, 0.5) is 0 Å². The first-order valence-electron chi connectivity index (χ1n) is 9.77. The van der Waals surface area contributed by atoms with Crippen LogP contribution in [0.15, 0.2) is 37.6 Å². The number of piperidine rings is 1. The highest BCUT2D eigenvalue weighted by Gasteiger charge is 2.29. The quantitative estimate of drug-likeness (QED) is 0.594. The van der Waals surface area contributed by atoms with E-state index in [1.54, 1.807) is 11.7 Å². The van der Waals surface area contributed by atoms with E-state index in [9.17, 15) is 14.4 Å². The van der Waals surface area contributed by atoms with Crippen LogP contribution in [0.5, 0.6) is 5.75 Å². The van der Waals surface area contributed by atoms with Crippen LogP contribution in [-0.4, -0.2) is 28.7 Å². The van der Waals surface area contributed by atoms with Gasteiger partial charge in [-0.05, 0) is 59.3 Å². The topological polar surface area (TPSA) is 82.3 Å². The Morgan fingerprint density at radius 3 is 2.77 bits per heavy atom. The summed E-state index contributed by atoms with van der Waals surface area (Å²) in [6.45, 7) is 2.79. The second-order valence-electron chi connectivity index (χ2n) is 7.30. The van der Waals surface area contributed by atoms with Gasteiger partial charge in [0.15, 0.2) is 0 Å². The third-order valence-electron chi connectivity index (χ3n) is 5.55. The summed E-state index contributed by atoms with van der Waals surface area (Å²) in [5, 5.41) is 3.27. The van der Waals surface area contributed by atoms with Crippen molar-refractivity contribution in [3.63, 3.8) is 0 Å². The maximum atomic E-state index is 13.5. The second kappa shape index (κ2) is 8.39. The van der Waals surface area contributed by atoms with Crippen LogP contribution in [0.1, 0.15) is 30.0 Å². The van der Waals surface area contributed by atoms with E-state index < -0.39 is 17.3 Å². The van der Waals surface area contributed by atoms with Crippen molar-refractivity contribution in [2.45, 2.75) is 38.8 Å². The molecule has 3 aromatic rings. The lowest BCUT2D eigenvalue weighted by Crippen LogP contribution is -2.49. The van der Waals surface area contributed by atoms with Crippen molar-refractivity contribution in [2.24, 2.45) is 0 Å². The number of carbonyl (C=O) groups is 1. The van der Waals surface area contributed by atoms with Crippen molar-refractivity contribution < 1.29 is 9.53 Å². The first-order valence-corrected chi connectivity index (χ1v) is 11.4. The number of methoxy groups -OCH3 is 1. The van der Waals surface area contributed by atoms with Gasteiger partial charge in [-0.15, -0.1) is 11.3 Å². The summed E-state index contributed by atoms with van der Waals surface area (Å²) in [7, 11) is 1.62. The van der Waals surface area contributed by atoms with Gasteiger partial charge in [0.25, 0.3) is 5.56 Å². The molecule has 1 saturated heterocycles. The molecule has 9 heteroatoms. The number of hydrogen-bond acceptors (Lipinski definition) is 5. The number of benzene rings is 1. The highest BCUT2D eigenvalue weighted by atomic mass is 79.9. The average molecular weight is 492 g/mol. The van der Waals surface area contributed by atoms with Gasteiger partial charge >= 0.3 is 5.69 Å². The van der Waals surface area contributed by atoms with Crippen molar-refractivity contribution in [3.05, 3.63) is 60.0 Å².